The van der Waals surface area contributed by atoms with Gasteiger partial charge < -0.3 is 19.3 Å². The van der Waals surface area contributed by atoms with Crippen molar-refractivity contribution in [3.8, 4) is 11.5 Å². The van der Waals surface area contributed by atoms with Crippen LogP contribution in [0.2, 0.25) is 0 Å². The van der Waals surface area contributed by atoms with Crippen LogP contribution in [-0.2, 0) is 0 Å². The third-order valence-electron chi connectivity index (χ3n) is 7.55. The summed E-state index contributed by atoms with van der Waals surface area (Å²) >= 11 is 0. The van der Waals surface area contributed by atoms with Crippen molar-refractivity contribution < 1.29 is 9.47 Å². The molecule has 0 aliphatic carbocycles. The standard InChI is InChI=1S/C37H50N2O2/c1-7-9-11-13-24-38(25-14-12-10-8-2)34-19-17-32(18-20-34)15-16-33-23-26-39(31(4)27-33)29-30(3)36-22-21-35(40-5)28-37(36)41-6/h15-23,26-29H,4,7-14,24-25H2,1-3,5-6H3/b16-15+,30-29+. The second-order valence-corrected chi connectivity index (χ2v) is 10.8. The molecule has 0 atom stereocenters. The number of anilines is 1. The van der Waals surface area contributed by atoms with E-state index in [0.717, 1.165) is 47.0 Å². The third kappa shape index (κ3) is 10.0. The van der Waals surface area contributed by atoms with Crippen molar-refractivity contribution in [1.29, 1.82) is 0 Å². The molecule has 4 nitrogen and oxygen atoms in total. The van der Waals surface area contributed by atoms with Gasteiger partial charge in [0.2, 0.25) is 0 Å². The Morgan fingerprint density at radius 2 is 1.54 bits per heavy atom. The van der Waals surface area contributed by atoms with Gasteiger partial charge in [-0.1, -0.05) is 83.2 Å². The van der Waals surface area contributed by atoms with Crippen LogP contribution >= 0.6 is 0 Å². The van der Waals surface area contributed by atoms with E-state index in [4.69, 9.17) is 9.47 Å². The summed E-state index contributed by atoms with van der Waals surface area (Å²) in [5.41, 5.74) is 6.68. The Morgan fingerprint density at radius 3 is 2.12 bits per heavy atom. The Balaban J connectivity index is 1.62. The molecule has 2 aromatic rings. The predicted molar refractivity (Wildman–Crippen MR) is 177 cm³/mol. The van der Waals surface area contributed by atoms with Crippen LogP contribution < -0.4 is 14.4 Å². The Hall–Kier alpha value is -3.66. The molecule has 0 saturated heterocycles. The lowest BCUT2D eigenvalue weighted by molar-refractivity contribution is 0.393. The van der Waals surface area contributed by atoms with Gasteiger partial charge in [-0.25, -0.2) is 0 Å². The number of hydrogen-bond donors (Lipinski definition) is 0. The average Bonchev–Trinajstić information content (AvgIpc) is 3.00. The van der Waals surface area contributed by atoms with Gasteiger partial charge in [0.1, 0.15) is 11.5 Å². The molecule has 0 fully saturated rings. The summed E-state index contributed by atoms with van der Waals surface area (Å²) in [5, 5.41) is 0. The Labute approximate surface area is 249 Å². The lowest BCUT2D eigenvalue weighted by Crippen LogP contribution is -2.25. The molecule has 4 heteroatoms. The fourth-order valence-electron chi connectivity index (χ4n) is 5.03. The van der Waals surface area contributed by atoms with Crippen molar-refractivity contribution in [3.63, 3.8) is 0 Å². The molecule has 0 amide bonds. The number of methoxy groups -OCH3 is 2. The van der Waals surface area contributed by atoms with Gasteiger partial charge in [0.05, 0.1) is 14.2 Å². The molecule has 0 unspecified atom stereocenters. The van der Waals surface area contributed by atoms with Gasteiger partial charge in [-0.05, 0) is 72.9 Å². The number of allylic oxidation sites excluding steroid dienone is 5. The van der Waals surface area contributed by atoms with Crippen LogP contribution in [0.5, 0.6) is 11.5 Å². The Morgan fingerprint density at radius 1 is 0.854 bits per heavy atom. The van der Waals surface area contributed by atoms with Gasteiger partial charge in [-0.3, -0.25) is 0 Å². The van der Waals surface area contributed by atoms with Crippen molar-refractivity contribution in [3.05, 3.63) is 102 Å². The minimum absolute atomic E-state index is 0.775. The van der Waals surface area contributed by atoms with Gasteiger partial charge in [0, 0.05) is 48.5 Å². The molecule has 1 aliphatic heterocycles. The highest BCUT2D eigenvalue weighted by atomic mass is 16.5. The Kier molecular flexibility index (Phi) is 13.4. The molecule has 0 N–H and O–H groups in total. The molecule has 0 bridgehead atoms. The fraction of sp³-hybridized carbons (Fsp3) is 0.405. The third-order valence-corrected chi connectivity index (χ3v) is 7.55. The van der Waals surface area contributed by atoms with E-state index < -0.39 is 0 Å². The van der Waals surface area contributed by atoms with Crippen molar-refractivity contribution in [2.75, 3.05) is 32.2 Å². The SMILES string of the molecule is C=C1C=C(/C=C/c2ccc(N(CCCCCC)CCCCCC)cc2)C=CN1/C=C(\C)c1ccc(OC)cc1OC. The summed E-state index contributed by atoms with van der Waals surface area (Å²) < 4.78 is 10.9. The van der Waals surface area contributed by atoms with E-state index >= 15 is 0 Å². The summed E-state index contributed by atoms with van der Waals surface area (Å²) in [7, 11) is 3.34. The van der Waals surface area contributed by atoms with Crippen molar-refractivity contribution in [1.82, 2.24) is 4.90 Å². The lowest BCUT2D eigenvalue weighted by atomic mass is 10.1. The number of ether oxygens (including phenoxy) is 2. The van der Waals surface area contributed by atoms with Crippen LogP contribution in [0.15, 0.2) is 90.9 Å². The second-order valence-electron chi connectivity index (χ2n) is 10.8. The molecule has 2 aromatic carbocycles. The predicted octanol–water partition coefficient (Wildman–Crippen LogP) is 10.0. The number of benzene rings is 2. The van der Waals surface area contributed by atoms with Gasteiger partial charge in [-0.15, -0.1) is 0 Å². The van der Waals surface area contributed by atoms with Crippen molar-refractivity contribution in [2.24, 2.45) is 0 Å². The van der Waals surface area contributed by atoms with E-state index in [1.165, 1.54) is 62.6 Å². The van der Waals surface area contributed by atoms with Gasteiger partial charge >= 0.3 is 0 Å². The van der Waals surface area contributed by atoms with E-state index in [2.05, 4.69) is 93.2 Å². The molecular weight excluding hydrogens is 504 g/mol. The Bertz CT molecular complexity index is 1210. The number of unbranched alkanes of at least 4 members (excludes halogenated alkanes) is 6. The van der Waals surface area contributed by atoms with Crippen LogP contribution in [0, 0.1) is 0 Å². The molecule has 0 radical (unpaired) electrons. The fourth-order valence-corrected chi connectivity index (χ4v) is 5.03. The van der Waals surface area contributed by atoms with E-state index in [-0.39, 0.29) is 0 Å². The average molecular weight is 555 g/mol. The first-order valence-corrected chi connectivity index (χ1v) is 15.3. The summed E-state index contributed by atoms with van der Waals surface area (Å²) in [6.07, 6.45) is 23.1. The molecule has 1 heterocycles. The van der Waals surface area contributed by atoms with Crippen LogP contribution in [-0.4, -0.2) is 32.2 Å². The molecule has 0 saturated carbocycles. The maximum absolute atomic E-state index is 5.59. The number of hydrogen-bond acceptors (Lipinski definition) is 4. The lowest BCUT2D eigenvalue weighted by Gasteiger charge is -2.25. The summed E-state index contributed by atoms with van der Waals surface area (Å²) in [6, 6.07) is 14.9. The highest BCUT2D eigenvalue weighted by Gasteiger charge is 2.11. The van der Waals surface area contributed by atoms with Crippen molar-refractivity contribution >= 4 is 17.3 Å². The molecule has 0 aromatic heterocycles. The van der Waals surface area contributed by atoms with Crippen LogP contribution in [0.4, 0.5) is 5.69 Å². The van der Waals surface area contributed by atoms with E-state index in [9.17, 15) is 0 Å². The molecule has 220 valence electrons. The smallest absolute Gasteiger partial charge is 0.130 e. The van der Waals surface area contributed by atoms with Crippen LogP contribution in [0.1, 0.15) is 83.3 Å². The molecule has 41 heavy (non-hydrogen) atoms. The highest BCUT2D eigenvalue weighted by molar-refractivity contribution is 5.70. The molecular formula is C37H50N2O2. The molecule has 1 aliphatic rings. The first-order valence-electron chi connectivity index (χ1n) is 15.3. The van der Waals surface area contributed by atoms with Crippen molar-refractivity contribution in [2.45, 2.75) is 72.1 Å². The maximum atomic E-state index is 5.59. The minimum Gasteiger partial charge on any atom is -0.497 e. The zero-order valence-corrected chi connectivity index (χ0v) is 26.0. The first-order chi connectivity index (χ1) is 20.0. The molecule has 0 spiro atoms. The summed E-state index contributed by atoms with van der Waals surface area (Å²) in [5.74, 6) is 1.56. The topological polar surface area (TPSA) is 24.9 Å². The zero-order chi connectivity index (χ0) is 29.5. The van der Waals surface area contributed by atoms with Gasteiger partial charge in [0.15, 0.2) is 0 Å². The van der Waals surface area contributed by atoms with E-state index in [1.807, 2.05) is 23.1 Å². The van der Waals surface area contributed by atoms with Crippen LogP contribution in [0.3, 0.4) is 0 Å². The van der Waals surface area contributed by atoms with Gasteiger partial charge in [0.25, 0.3) is 0 Å². The number of nitrogens with zero attached hydrogens (tertiary/aromatic N) is 2. The number of rotatable bonds is 17. The van der Waals surface area contributed by atoms with Crippen LogP contribution in [0.25, 0.3) is 11.6 Å². The van der Waals surface area contributed by atoms with E-state index in [0.29, 0.717) is 0 Å². The quantitative estimate of drug-likeness (QED) is 0.182. The van der Waals surface area contributed by atoms with Gasteiger partial charge in [-0.2, -0.15) is 0 Å². The monoisotopic (exact) mass is 554 g/mol. The minimum atomic E-state index is 0.775. The maximum Gasteiger partial charge on any atom is 0.130 e. The summed E-state index contributed by atoms with van der Waals surface area (Å²) in [6.45, 7) is 13.2. The second kappa shape index (κ2) is 17.2. The highest BCUT2D eigenvalue weighted by Crippen LogP contribution is 2.31. The van der Waals surface area contributed by atoms with E-state index in [1.54, 1.807) is 14.2 Å². The zero-order valence-electron chi connectivity index (χ0n) is 26.0. The normalized spacial score (nSPS) is 13.6. The summed E-state index contributed by atoms with van der Waals surface area (Å²) in [4.78, 5) is 4.63. The largest absolute Gasteiger partial charge is 0.497 e. The molecule has 3 rings (SSSR count). The first kappa shape index (κ1) is 31.9.